The molecule has 0 aliphatic rings. The van der Waals surface area contributed by atoms with Crippen molar-refractivity contribution in [3.05, 3.63) is 59.9 Å². The molecule has 0 radical (unpaired) electrons. The molecule has 4 heteroatoms. The number of thioether (sulfide) groups is 1. The average Bonchev–Trinajstić information content (AvgIpc) is 2.46. The molecule has 19 heavy (non-hydrogen) atoms. The lowest BCUT2D eigenvalue weighted by molar-refractivity contribution is 0.321. The molecule has 0 amide bonds. The Morgan fingerprint density at radius 3 is 2.58 bits per heavy atom. The Bertz CT molecular complexity index is 519. The molecular formula is C15H16FNOS. The molecule has 0 fully saturated rings. The number of hydrogen-bond acceptors (Lipinski definition) is 3. The van der Waals surface area contributed by atoms with E-state index in [0.29, 0.717) is 12.2 Å². The molecule has 2 N–H and O–H groups in total. The van der Waals surface area contributed by atoms with Gasteiger partial charge in [0.2, 0.25) is 0 Å². The summed E-state index contributed by atoms with van der Waals surface area (Å²) in [5, 5.41) is 0. The first kappa shape index (κ1) is 13.9. The summed E-state index contributed by atoms with van der Waals surface area (Å²) < 4.78 is 19.1. The van der Waals surface area contributed by atoms with Crippen LogP contribution in [0.15, 0.2) is 53.4 Å². The van der Waals surface area contributed by atoms with Gasteiger partial charge in [0, 0.05) is 22.8 Å². The summed E-state index contributed by atoms with van der Waals surface area (Å²) in [7, 11) is 0. The van der Waals surface area contributed by atoms with Gasteiger partial charge in [-0.15, -0.1) is 11.8 Å². The summed E-state index contributed by atoms with van der Waals surface area (Å²) in [4.78, 5) is 1.18. The van der Waals surface area contributed by atoms with Crippen LogP contribution in [0.5, 0.6) is 5.75 Å². The van der Waals surface area contributed by atoms with Crippen molar-refractivity contribution < 1.29 is 9.13 Å². The Balaban J connectivity index is 1.86. The quantitative estimate of drug-likeness (QED) is 0.649. The topological polar surface area (TPSA) is 35.2 Å². The molecule has 0 aliphatic heterocycles. The van der Waals surface area contributed by atoms with Crippen molar-refractivity contribution in [2.75, 3.05) is 12.4 Å². The first-order valence-corrected chi connectivity index (χ1v) is 7.08. The van der Waals surface area contributed by atoms with Gasteiger partial charge in [-0.3, -0.25) is 0 Å². The van der Waals surface area contributed by atoms with Crippen molar-refractivity contribution in [3.63, 3.8) is 0 Å². The summed E-state index contributed by atoms with van der Waals surface area (Å²) in [5.74, 6) is 0.689. The summed E-state index contributed by atoms with van der Waals surface area (Å²) in [6.45, 7) is 0.729. The highest BCUT2D eigenvalue weighted by molar-refractivity contribution is 7.99. The van der Waals surface area contributed by atoms with Crippen LogP contribution >= 0.6 is 11.8 Å². The highest BCUT2D eigenvalue weighted by Gasteiger charge is 2.08. The zero-order valence-electron chi connectivity index (χ0n) is 10.5. The van der Waals surface area contributed by atoms with E-state index < -0.39 is 0 Å². The van der Waals surface area contributed by atoms with Crippen molar-refractivity contribution >= 4 is 11.8 Å². The molecule has 0 spiro atoms. The molecule has 0 bridgehead atoms. The molecule has 0 aromatic heterocycles. The second-order valence-electron chi connectivity index (χ2n) is 3.94. The number of nitrogens with two attached hydrogens (primary N) is 1. The third-order valence-corrected chi connectivity index (χ3v) is 3.59. The van der Waals surface area contributed by atoms with Crippen molar-refractivity contribution in [1.82, 2.24) is 0 Å². The maximum atomic E-state index is 13.6. The predicted molar refractivity (Wildman–Crippen MR) is 77.0 cm³/mol. The van der Waals surface area contributed by atoms with Gasteiger partial charge in [-0.25, -0.2) is 4.39 Å². The Morgan fingerprint density at radius 1 is 1.05 bits per heavy atom. The molecule has 0 saturated carbocycles. The summed E-state index contributed by atoms with van der Waals surface area (Å²) >= 11 is 1.68. The third kappa shape index (κ3) is 3.98. The normalized spacial score (nSPS) is 10.4. The van der Waals surface area contributed by atoms with Crippen LogP contribution in [0.4, 0.5) is 4.39 Å². The van der Waals surface area contributed by atoms with Crippen molar-refractivity contribution in [2.24, 2.45) is 5.73 Å². The van der Waals surface area contributed by atoms with Gasteiger partial charge in [0.1, 0.15) is 0 Å². The minimum absolute atomic E-state index is 0.277. The Hall–Kier alpha value is -1.52. The summed E-state index contributed by atoms with van der Waals surface area (Å²) in [6, 6.07) is 14.9. The second kappa shape index (κ2) is 7.16. The van der Waals surface area contributed by atoms with Crippen LogP contribution in [0.3, 0.4) is 0 Å². The number of hydrogen-bond donors (Lipinski definition) is 1. The monoisotopic (exact) mass is 277 g/mol. The Morgan fingerprint density at radius 2 is 1.84 bits per heavy atom. The van der Waals surface area contributed by atoms with Crippen molar-refractivity contribution in [2.45, 2.75) is 11.4 Å². The molecule has 0 unspecified atom stereocenters. The zero-order valence-corrected chi connectivity index (χ0v) is 11.3. The first-order chi connectivity index (χ1) is 9.31. The van der Waals surface area contributed by atoms with Gasteiger partial charge >= 0.3 is 0 Å². The van der Waals surface area contributed by atoms with E-state index >= 15 is 0 Å². The fourth-order valence-corrected chi connectivity index (χ4v) is 2.45. The largest absolute Gasteiger partial charge is 0.489 e. The van der Waals surface area contributed by atoms with Crippen molar-refractivity contribution in [3.8, 4) is 5.75 Å². The van der Waals surface area contributed by atoms with E-state index in [4.69, 9.17) is 10.5 Å². The van der Waals surface area contributed by atoms with Crippen molar-refractivity contribution in [1.29, 1.82) is 0 Å². The van der Waals surface area contributed by atoms with E-state index in [9.17, 15) is 4.39 Å². The summed E-state index contributed by atoms with van der Waals surface area (Å²) in [5.41, 5.74) is 6.26. The molecule has 2 aromatic rings. The number of benzene rings is 2. The molecule has 0 atom stereocenters. The molecule has 0 saturated heterocycles. The van der Waals surface area contributed by atoms with Gasteiger partial charge in [-0.05, 0) is 18.2 Å². The molecule has 2 nitrogen and oxygen atoms in total. The van der Waals surface area contributed by atoms with E-state index in [0.717, 1.165) is 5.75 Å². The maximum Gasteiger partial charge on any atom is 0.165 e. The molecular weight excluding hydrogens is 261 g/mol. The highest BCUT2D eigenvalue weighted by atomic mass is 32.2. The van der Waals surface area contributed by atoms with E-state index in [2.05, 4.69) is 0 Å². The smallest absolute Gasteiger partial charge is 0.165 e. The van der Waals surface area contributed by atoms with Gasteiger partial charge < -0.3 is 10.5 Å². The summed E-state index contributed by atoms with van der Waals surface area (Å²) in [6.07, 6.45) is 0. The fourth-order valence-electron chi connectivity index (χ4n) is 1.70. The first-order valence-electron chi connectivity index (χ1n) is 6.09. The van der Waals surface area contributed by atoms with Gasteiger partial charge in [0.15, 0.2) is 11.6 Å². The predicted octanol–water partition coefficient (Wildman–Crippen LogP) is 3.46. The molecule has 100 valence electrons. The van der Waals surface area contributed by atoms with Gasteiger partial charge in [-0.2, -0.15) is 0 Å². The SMILES string of the molecule is NCc1cccc(F)c1OCCSc1ccccc1. The van der Waals surface area contributed by atoms with Crippen LogP contribution in [0.25, 0.3) is 0 Å². The number of ether oxygens (including phenoxy) is 1. The Kier molecular flexibility index (Phi) is 5.24. The molecule has 2 aromatic carbocycles. The molecule has 0 heterocycles. The molecule has 2 rings (SSSR count). The van der Waals surface area contributed by atoms with E-state index in [1.807, 2.05) is 30.3 Å². The van der Waals surface area contributed by atoms with Crippen LogP contribution < -0.4 is 10.5 Å². The van der Waals surface area contributed by atoms with Gasteiger partial charge in [0.25, 0.3) is 0 Å². The minimum Gasteiger partial charge on any atom is -0.489 e. The lowest BCUT2D eigenvalue weighted by Gasteiger charge is -2.11. The third-order valence-electron chi connectivity index (χ3n) is 2.61. The maximum absolute atomic E-state index is 13.6. The van der Waals surface area contributed by atoms with E-state index in [1.165, 1.54) is 11.0 Å². The van der Waals surface area contributed by atoms with Crippen LogP contribution in [-0.4, -0.2) is 12.4 Å². The standard InChI is InChI=1S/C15H16FNOS/c16-14-8-4-5-12(11-17)15(14)18-9-10-19-13-6-2-1-3-7-13/h1-8H,9-11,17H2. The number of rotatable bonds is 6. The lowest BCUT2D eigenvalue weighted by atomic mass is 10.2. The second-order valence-corrected chi connectivity index (χ2v) is 5.11. The minimum atomic E-state index is -0.354. The molecule has 0 aliphatic carbocycles. The lowest BCUT2D eigenvalue weighted by Crippen LogP contribution is -2.07. The van der Waals surface area contributed by atoms with Gasteiger partial charge in [-0.1, -0.05) is 30.3 Å². The van der Waals surface area contributed by atoms with E-state index in [1.54, 1.807) is 23.9 Å². The Labute approximate surface area is 116 Å². The van der Waals surface area contributed by atoms with Crippen LogP contribution in [-0.2, 0) is 6.54 Å². The average molecular weight is 277 g/mol. The van der Waals surface area contributed by atoms with Crippen LogP contribution in [0.1, 0.15) is 5.56 Å². The van der Waals surface area contributed by atoms with Crippen LogP contribution in [0.2, 0.25) is 0 Å². The number of halogens is 1. The van der Waals surface area contributed by atoms with E-state index in [-0.39, 0.29) is 18.1 Å². The fraction of sp³-hybridized carbons (Fsp3) is 0.200. The highest BCUT2D eigenvalue weighted by Crippen LogP contribution is 2.23. The van der Waals surface area contributed by atoms with Crippen LogP contribution in [0, 0.1) is 5.82 Å². The zero-order chi connectivity index (χ0) is 13.5. The number of para-hydroxylation sites is 1. The van der Waals surface area contributed by atoms with Gasteiger partial charge in [0.05, 0.1) is 6.61 Å².